The predicted molar refractivity (Wildman–Crippen MR) is 71.2 cm³/mol. The van der Waals surface area contributed by atoms with E-state index in [0.717, 1.165) is 11.1 Å². The number of nitriles is 1. The lowest BCUT2D eigenvalue weighted by atomic mass is 10.0. The number of carbonyl (C=O) groups excluding carboxylic acids is 1. The van der Waals surface area contributed by atoms with Gasteiger partial charge in [-0.15, -0.1) is 0 Å². The molecule has 3 nitrogen and oxygen atoms in total. The first kappa shape index (κ1) is 11.5. The Balaban J connectivity index is 1.90. The molecule has 1 heterocycles. The Morgan fingerprint density at radius 3 is 2.63 bits per heavy atom. The lowest BCUT2D eigenvalue weighted by Crippen LogP contribution is -2.23. The van der Waals surface area contributed by atoms with Crippen LogP contribution in [0.2, 0.25) is 0 Å². The third kappa shape index (κ3) is 1.98. The highest BCUT2D eigenvalue weighted by atomic mass is 16.2. The molecule has 1 aliphatic heterocycles. The van der Waals surface area contributed by atoms with Crippen molar-refractivity contribution in [1.82, 2.24) is 4.90 Å². The Morgan fingerprint density at radius 1 is 1.11 bits per heavy atom. The maximum Gasteiger partial charge on any atom is 0.256 e. The second-order valence-corrected chi connectivity index (χ2v) is 4.60. The molecular formula is C16H12N2O. The monoisotopic (exact) mass is 248 g/mol. The number of benzene rings is 2. The van der Waals surface area contributed by atoms with E-state index < -0.39 is 0 Å². The van der Waals surface area contributed by atoms with Gasteiger partial charge in [-0.1, -0.05) is 42.5 Å². The number of nitrogens with zero attached hydrogens (tertiary/aromatic N) is 2. The quantitative estimate of drug-likeness (QED) is 0.820. The highest BCUT2D eigenvalue weighted by molar-refractivity contribution is 6.00. The molecule has 0 bridgehead atoms. The Labute approximate surface area is 111 Å². The van der Waals surface area contributed by atoms with Gasteiger partial charge in [0.2, 0.25) is 0 Å². The number of amides is 1. The molecule has 0 saturated heterocycles. The van der Waals surface area contributed by atoms with E-state index in [1.807, 2.05) is 42.5 Å². The maximum absolute atomic E-state index is 12.4. The van der Waals surface area contributed by atoms with Gasteiger partial charge in [-0.2, -0.15) is 5.26 Å². The van der Waals surface area contributed by atoms with Crippen LogP contribution >= 0.6 is 0 Å². The molecule has 3 rings (SSSR count). The van der Waals surface area contributed by atoms with Crippen LogP contribution in [0, 0.1) is 11.3 Å². The summed E-state index contributed by atoms with van der Waals surface area (Å²) in [5.74, 6) is -0.0454. The van der Waals surface area contributed by atoms with E-state index in [1.165, 1.54) is 0 Å². The van der Waals surface area contributed by atoms with Gasteiger partial charge in [-0.3, -0.25) is 4.79 Å². The van der Waals surface area contributed by atoms with Crippen LogP contribution in [-0.4, -0.2) is 10.8 Å². The van der Waals surface area contributed by atoms with Crippen molar-refractivity contribution >= 4 is 5.91 Å². The van der Waals surface area contributed by atoms with Crippen LogP contribution in [0.15, 0.2) is 48.5 Å². The van der Waals surface area contributed by atoms with Gasteiger partial charge in [0, 0.05) is 13.1 Å². The van der Waals surface area contributed by atoms with E-state index in [-0.39, 0.29) is 5.91 Å². The second kappa shape index (κ2) is 4.58. The zero-order chi connectivity index (χ0) is 13.2. The molecule has 1 aliphatic rings. The van der Waals surface area contributed by atoms with Gasteiger partial charge in [0.25, 0.3) is 5.91 Å². The Hall–Kier alpha value is -2.60. The van der Waals surface area contributed by atoms with Crippen LogP contribution in [0.4, 0.5) is 0 Å². The third-order valence-corrected chi connectivity index (χ3v) is 3.35. The third-order valence-electron chi connectivity index (χ3n) is 3.35. The molecule has 2 aromatic rings. The standard InChI is InChI=1S/C16H12N2O/c17-9-13-7-4-8-14-11-18(16(19)15(13)14)10-12-5-2-1-3-6-12/h1-8H,10-11H2. The summed E-state index contributed by atoms with van der Waals surface area (Å²) in [7, 11) is 0. The minimum Gasteiger partial charge on any atom is -0.330 e. The summed E-state index contributed by atoms with van der Waals surface area (Å²) in [6.45, 7) is 1.16. The summed E-state index contributed by atoms with van der Waals surface area (Å²) >= 11 is 0. The van der Waals surface area contributed by atoms with Crippen LogP contribution in [0.5, 0.6) is 0 Å². The largest absolute Gasteiger partial charge is 0.330 e. The van der Waals surface area contributed by atoms with Crippen molar-refractivity contribution in [3.63, 3.8) is 0 Å². The summed E-state index contributed by atoms with van der Waals surface area (Å²) in [6, 6.07) is 17.4. The van der Waals surface area contributed by atoms with Crippen molar-refractivity contribution in [3.05, 3.63) is 70.8 Å². The van der Waals surface area contributed by atoms with Gasteiger partial charge in [-0.05, 0) is 17.2 Å². The fraction of sp³-hybridized carbons (Fsp3) is 0.125. The molecule has 19 heavy (non-hydrogen) atoms. The molecular weight excluding hydrogens is 236 g/mol. The first-order chi connectivity index (χ1) is 9.29. The normalized spacial score (nSPS) is 13.2. The van der Waals surface area contributed by atoms with Crippen molar-refractivity contribution in [2.24, 2.45) is 0 Å². The molecule has 0 radical (unpaired) electrons. The Morgan fingerprint density at radius 2 is 1.89 bits per heavy atom. The number of hydrogen-bond donors (Lipinski definition) is 0. The molecule has 0 unspecified atom stereocenters. The molecule has 0 spiro atoms. The van der Waals surface area contributed by atoms with E-state index >= 15 is 0 Å². The van der Waals surface area contributed by atoms with Crippen LogP contribution in [0.25, 0.3) is 0 Å². The van der Waals surface area contributed by atoms with E-state index in [4.69, 9.17) is 5.26 Å². The Bertz CT molecular complexity index is 671. The van der Waals surface area contributed by atoms with E-state index in [0.29, 0.717) is 24.2 Å². The molecule has 3 heteroatoms. The number of carbonyl (C=O) groups is 1. The highest BCUT2D eigenvalue weighted by Gasteiger charge is 2.29. The minimum atomic E-state index is -0.0454. The number of fused-ring (bicyclic) bond motifs is 1. The van der Waals surface area contributed by atoms with Crippen LogP contribution in [-0.2, 0) is 13.1 Å². The topological polar surface area (TPSA) is 44.1 Å². The lowest BCUT2D eigenvalue weighted by molar-refractivity contribution is 0.0766. The molecule has 0 atom stereocenters. The molecule has 92 valence electrons. The minimum absolute atomic E-state index is 0.0454. The summed E-state index contributed by atoms with van der Waals surface area (Å²) in [6.07, 6.45) is 0. The smallest absolute Gasteiger partial charge is 0.256 e. The summed E-state index contributed by atoms with van der Waals surface area (Å²) in [5, 5.41) is 9.07. The van der Waals surface area contributed by atoms with Gasteiger partial charge in [0.15, 0.2) is 0 Å². The molecule has 1 amide bonds. The number of rotatable bonds is 2. The van der Waals surface area contributed by atoms with Crippen molar-refractivity contribution < 1.29 is 4.79 Å². The average molecular weight is 248 g/mol. The highest BCUT2D eigenvalue weighted by Crippen LogP contribution is 2.26. The number of hydrogen-bond acceptors (Lipinski definition) is 2. The second-order valence-electron chi connectivity index (χ2n) is 4.60. The van der Waals surface area contributed by atoms with Crippen molar-refractivity contribution in [2.45, 2.75) is 13.1 Å². The Kier molecular flexibility index (Phi) is 2.77. The zero-order valence-corrected chi connectivity index (χ0v) is 10.3. The van der Waals surface area contributed by atoms with E-state index in [9.17, 15) is 4.79 Å². The molecule has 2 aromatic carbocycles. The maximum atomic E-state index is 12.4. The van der Waals surface area contributed by atoms with Crippen molar-refractivity contribution in [1.29, 1.82) is 5.26 Å². The van der Waals surface area contributed by atoms with Gasteiger partial charge < -0.3 is 4.90 Å². The molecule has 0 fully saturated rings. The van der Waals surface area contributed by atoms with Gasteiger partial charge in [0.05, 0.1) is 17.2 Å². The van der Waals surface area contributed by atoms with Crippen LogP contribution in [0.1, 0.15) is 27.0 Å². The predicted octanol–water partition coefficient (Wildman–Crippen LogP) is 2.71. The first-order valence-electron chi connectivity index (χ1n) is 6.15. The molecule has 0 saturated carbocycles. The van der Waals surface area contributed by atoms with Gasteiger partial charge in [-0.25, -0.2) is 0 Å². The summed E-state index contributed by atoms with van der Waals surface area (Å²) < 4.78 is 0. The van der Waals surface area contributed by atoms with Crippen molar-refractivity contribution in [3.8, 4) is 6.07 Å². The van der Waals surface area contributed by atoms with Gasteiger partial charge in [0.1, 0.15) is 0 Å². The van der Waals surface area contributed by atoms with E-state index in [2.05, 4.69) is 6.07 Å². The van der Waals surface area contributed by atoms with Crippen LogP contribution < -0.4 is 0 Å². The first-order valence-corrected chi connectivity index (χ1v) is 6.15. The molecule has 0 N–H and O–H groups in total. The zero-order valence-electron chi connectivity index (χ0n) is 10.3. The van der Waals surface area contributed by atoms with Crippen molar-refractivity contribution in [2.75, 3.05) is 0 Å². The summed E-state index contributed by atoms with van der Waals surface area (Å²) in [4.78, 5) is 14.1. The SMILES string of the molecule is N#Cc1cccc2c1C(=O)N(Cc1ccccc1)C2. The lowest BCUT2D eigenvalue weighted by Gasteiger charge is -2.15. The average Bonchev–Trinajstić information content (AvgIpc) is 2.77. The van der Waals surface area contributed by atoms with E-state index in [1.54, 1.807) is 11.0 Å². The fourth-order valence-electron chi connectivity index (χ4n) is 2.44. The summed E-state index contributed by atoms with van der Waals surface area (Å²) in [5.41, 5.74) is 3.08. The molecule has 0 aromatic heterocycles. The molecule has 0 aliphatic carbocycles. The van der Waals surface area contributed by atoms with Gasteiger partial charge >= 0.3 is 0 Å². The van der Waals surface area contributed by atoms with Crippen LogP contribution in [0.3, 0.4) is 0 Å². The fourth-order valence-corrected chi connectivity index (χ4v) is 2.44.